The Morgan fingerprint density at radius 3 is 2.35 bits per heavy atom. The summed E-state index contributed by atoms with van der Waals surface area (Å²) in [6.45, 7) is 21.4. The Kier molecular flexibility index (Phi) is 6.96. The first kappa shape index (κ1) is 29.2. The van der Waals surface area contributed by atoms with Gasteiger partial charge in [0, 0.05) is 0 Å². The van der Waals surface area contributed by atoms with Crippen molar-refractivity contribution in [2.24, 2.45) is 57.2 Å². The number of aliphatic hydroxyl groups excluding tert-OH is 1. The molecule has 6 rings (SSSR count). The molecule has 12 atom stereocenters. The average Bonchev–Trinajstić information content (AvgIpc) is 3.46. The lowest BCUT2D eigenvalue weighted by atomic mass is 9.33. The maximum Gasteiger partial charge on any atom is 0.312 e. The van der Waals surface area contributed by atoms with Crippen molar-refractivity contribution in [3.05, 3.63) is 12.2 Å². The summed E-state index contributed by atoms with van der Waals surface area (Å²) in [6, 6.07) is 0. The fraction of sp³-hybridized carbons (Fsp3) is 0.914. The van der Waals surface area contributed by atoms with Crippen LogP contribution in [0.5, 0.6) is 0 Å². The Morgan fingerprint density at radius 1 is 0.925 bits per heavy atom. The van der Waals surface area contributed by atoms with Gasteiger partial charge in [0.05, 0.1) is 18.1 Å². The topological polar surface area (TPSA) is 65.0 Å². The minimum Gasteiger partial charge on any atom is -0.462 e. The van der Waals surface area contributed by atoms with Crippen molar-refractivity contribution in [2.45, 2.75) is 131 Å². The fourth-order valence-electron chi connectivity index (χ4n) is 12.3. The summed E-state index contributed by atoms with van der Waals surface area (Å²) in [5.41, 5.74) is 1.59. The van der Waals surface area contributed by atoms with Gasteiger partial charge in [-0.2, -0.15) is 0 Å². The predicted molar refractivity (Wildman–Crippen MR) is 156 cm³/mol. The molecule has 1 heterocycles. The van der Waals surface area contributed by atoms with E-state index < -0.39 is 11.2 Å². The standard InChI is InChI=1S/C35H56O5/c1-21(2)24-11-16-35(30(37)38-19-23-20-39-31(4,5)40-23)18-17-33(7)26(29(24)35)9-10-28-32(6)14-13-27(36)22(3)25(32)12-15-34(28,33)8/h22-29,36H,1,9-20H2,2-8H3/t22-,23?,24+,25?,26?,27+,28?,29?,32+,33-,34-,35+/m1/s1. The van der Waals surface area contributed by atoms with Gasteiger partial charge in [-0.3, -0.25) is 4.79 Å². The maximum atomic E-state index is 14.2. The van der Waals surface area contributed by atoms with E-state index in [9.17, 15) is 9.90 Å². The summed E-state index contributed by atoms with van der Waals surface area (Å²) >= 11 is 0. The Balaban J connectivity index is 1.29. The third-order valence-electron chi connectivity index (χ3n) is 14.5. The summed E-state index contributed by atoms with van der Waals surface area (Å²) in [6.07, 6.45) is 10.7. The molecule has 6 fully saturated rings. The second kappa shape index (κ2) is 9.55. The zero-order chi connectivity index (χ0) is 28.9. The van der Waals surface area contributed by atoms with Crippen LogP contribution in [0.2, 0.25) is 0 Å². The van der Waals surface area contributed by atoms with Crippen LogP contribution >= 0.6 is 0 Å². The Labute approximate surface area is 243 Å². The monoisotopic (exact) mass is 556 g/mol. The van der Waals surface area contributed by atoms with E-state index in [0.29, 0.717) is 47.5 Å². The van der Waals surface area contributed by atoms with Crippen LogP contribution in [-0.2, 0) is 19.0 Å². The number of rotatable bonds is 4. The van der Waals surface area contributed by atoms with Gasteiger partial charge in [0.15, 0.2) is 5.79 Å². The number of carbonyl (C=O) groups excluding carboxylic acids is 1. The number of hydrogen-bond acceptors (Lipinski definition) is 5. The molecule has 0 spiro atoms. The van der Waals surface area contributed by atoms with Gasteiger partial charge >= 0.3 is 5.97 Å². The molecule has 5 nitrogen and oxygen atoms in total. The van der Waals surface area contributed by atoms with Gasteiger partial charge in [0.2, 0.25) is 0 Å². The van der Waals surface area contributed by atoms with E-state index in [1.165, 1.54) is 31.3 Å². The number of carbonyl (C=O) groups is 1. The third-order valence-corrected chi connectivity index (χ3v) is 14.5. The van der Waals surface area contributed by atoms with E-state index in [1.54, 1.807) is 0 Å². The molecule has 0 radical (unpaired) electrons. The second-order valence-electron chi connectivity index (χ2n) is 16.4. The van der Waals surface area contributed by atoms with Crippen molar-refractivity contribution in [3.8, 4) is 0 Å². The number of aliphatic hydroxyl groups is 1. The Bertz CT molecular complexity index is 1040. The van der Waals surface area contributed by atoms with E-state index >= 15 is 0 Å². The van der Waals surface area contributed by atoms with Crippen LogP contribution in [0.4, 0.5) is 0 Å². The highest BCUT2D eigenvalue weighted by Crippen LogP contribution is 2.76. The van der Waals surface area contributed by atoms with E-state index in [2.05, 4.69) is 41.2 Å². The van der Waals surface area contributed by atoms with Gasteiger partial charge in [-0.1, -0.05) is 39.8 Å². The minimum absolute atomic E-state index is 0.00893. The van der Waals surface area contributed by atoms with Crippen molar-refractivity contribution in [1.82, 2.24) is 0 Å². The van der Waals surface area contributed by atoms with Crippen LogP contribution < -0.4 is 0 Å². The van der Waals surface area contributed by atoms with Crippen LogP contribution in [0.3, 0.4) is 0 Å². The van der Waals surface area contributed by atoms with Gasteiger partial charge < -0.3 is 19.3 Å². The normalized spacial score (nSPS) is 53.1. The molecular weight excluding hydrogens is 500 g/mol. The fourth-order valence-corrected chi connectivity index (χ4v) is 12.3. The zero-order valence-corrected chi connectivity index (χ0v) is 26.4. The van der Waals surface area contributed by atoms with Gasteiger partial charge in [0.1, 0.15) is 12.7 Å². The molecule has 5 saturated carbocycles. The molecule has 0 aromatic heterocycles. The molecule has 1 N–H and O–H groups in total. The van der Waals surface area contributed by atoms with Crippen LogP contribution in [0.25, 0.3) is 0 Å². The molecule has 0 aromatic rings. The van der Waals surface area contributed by atoms with Crippen molar-refractivity contribution < 1.29 is 24.1 Å². The SMILES string of the molecule is C=C(C)[C@@H]1CC[C@]2(C(=O)OCC3COC(C)(C)O3)CC[C@]3(C)C(CCC4[C@@]5(C)CC[C@H](O)[C@H](C)C5CC[C@]43C)C12. The second-order valence-corrected chi connectivity index (χ2v) is 16.4. The van der Waals surface area contributed by atoms with E-state index in [1.807, 2.05) is 13.8 Å². The van der Waals surface area contributed by atoms with Crippen LogP contribution in [0, 0.1) is 57.2 Å². The summed E-state index contributed by atoms with van der Waals surface area (Å²) in [4.78, 5) is 14.2. The first-order valence-corrected chi connectivity index (χ1v) is 16.5. The van der Waals surface area contributed by atoms with Crippen molar-refractivity contribution in [1.29, 1.82) is 0 Å². The highest BCUT2D eigenvalue weighted by molar-refractivity contribution is 5.78. The average molecular weight is 557 g/mol. The highest BCUT2D eigenvalue weighted by Gasteiger charge is 2.71. The summed E-state index contributed by atoms with van der Waals surface area (Å²) < 4.78 is 17.8. The molecule has 1 aliphatic heterocycles. The van der Waals surface area contributed by atoms with Gasteiger partial charge in [-0.15, -0.1) is 0 Å². The van der Waals surface area contributed by atoms with Gasteiger partial charge in [-0.25, -0.2) is 0 Å². The first-order chi connectivity index (χ1) is 18.7. The molecule has 226 valence electrons. The Hall–Kier alpha value is -0.910. The summed E-state index contributed by atoms with van der Waals surface area (Å²) in [5, 5.41) is 10.8. The molecule has 5 aliphatic carbocycles. The quantitative estimate of drug-likeness (QED) is 0.291. The van der Waals surface area contributed by atoms with Crippen LogP contribution in [0.15, 0.2) is 12.2 Å². The lowest BCUT2D eigenvalue weighted by Crippen LogP contribution is -2.66. The van der Waals surface area contributed by atoms with E-state index in [-0.39, 0.29) is 35.6 Å². The molecule has 0 bridgehead atoms. The van der Waals surface area contributed by atoms with Gasteiger partial charge in [-0.05, 0) is 137 Å². The van der Waals surface area contributed by atoms with E-state index in [4.69, 9.17) is 14.2 Å². The molecular formula is C35H56O5. The molecule has 5 heteroatoms. The van der Waals surface area contributed by atoms with Crippen molar-refractivity contribution in [3.63, 3.8) is 0 Å². The third kappa shape index (κ3) is 3.99. The number of esters is 1. The van der Waals surface area contributed by atoms with Crippen LogP contribution in [-0.4, -0.2) is 42.3 Å². The molecule has 5 unspecified atom stereocenters. The summed E-state index contributed by atoms with van der Waals surface area (Å²) in [5.74, 6) is 2.30. The first-order valence-electron chi connectivity index (χ1n) is 16.5. The summed E-state index contributed by atoms with van der Waals surface area (Å²) in [7, 11) is 0. The smallest absolute Gasteiger partial charge is 0.312 e. The number of ether oxygens (including phenoxy) is 3. The maximum absolute atomic E-state index is 14.2. The molecule has 6 aliphatic rings. The highest BCUT2D eigenvalue weighted by atomic mass is 16.7. The lowest BCUT2D eigenvalue weighted by Gasteiger charge is -2.71. The number of fused-ring (bicyclic) bond motifs is 7. The van der Waals surface area contributed by atoms with E-state index in [0.717, 1.165) is 38.5 Å². The predicted octanol–water partition coefficient (Wildman–Crippen LogP) is 7.31. The molecule has 1 saturated heterocycles. The minimum atomic E-state index is -0.610. The van der Waals surface area contributed by atoms with Crippen LogP contribution in [0.1, 0.15) is 113 Å². The molecule has 0 amide bonds. The number of hydrogen-bond donors (Lipinski definition) is 1. The zero-order valence-electron chi connectivity index (χ0n) is 26.4. The Morgan fingerprint density at radius 2 is 1.68 bits per heavy atom. The lowest BCUT2D eigenvalue weighted by molar-refractivity contribution is -0.237. The molecule has 40 heavy (non-hydrogen) atoms. The molecule has 0 aromatic carbocycles. The van der Waals surface area contributed by atoms with Crippen molar-refractivity contribution >= 4 is 5.97 Å². The van der Waals surface area contributed by atoms with Gasteiger partial charge in [0.25, 0.3) is 0 Å². The largest absolute Gasteiger partial charge is 0.462 e. The number of allylic oxidation sites excluding steroid dienone is 1. The van der Waals surface area contributed by atoms with Crippen molar-refractivity contribution in [2.75, 3.05) is 13.2 Å².